The number of halogens is 1. The van der Waals surface area contributed by atoms with E-state index >= 15 is 0 Å². The molecule has 1 fully saturated rings. The molecule has 1 N–H and O–H groups in total. The van der Waals surface area contributed by atoms with Crippen LogP contribution in [0.5, 0.6) is 0 Å². The molecule has 194 valence electrons. The van der Waals surface area contributed by atoms with E-state index < -0.39 is 0 Å². The largest absolute Gasteiger partial charge is 0.379 e. The molecule has 1 saturated heterocycles. The molecular weight excluding hydrogens is 518 g/mol. The molecule has 4 aromatic rings. The fourth-order valence-electron chi connectivity index (χ4n) is 5.21. The van der Waals surface area contributed by atoms with Gasteiger partial charge in [-0.25, -0.2) is 0 Å². The van der Waals surface area contributed by atoms with Crippen molar-refractivity contribution in [1.82, 2.24) is 14.8 Å². The van der Waals surface area contributed by atoms with E-state index in [0.29, 0.717) is 17.0 Å². The Labute approximate surface area is 230 Å². The maximum atomic E-state index is 13.8. The first kappa shape index (κ1) is 25.2. The van der Waals surface area contributed by atoms with Crippen LogP contribution in [0.25, 0.3) is 10.9 Å². The van der Waals surface area contributed by atoms with E-state index in [-0.39, 0.29) is 22.3 Å². The fourth-order valence-corrected chi connectivity index (χ4v) is 6.57. The number of hydrogen-bond donors (Lipinski definition) is 1. The zero-order valence-corrected chi connectivity index (χ0v) is 22.4. The summed E-state index contributed by atoms with van der Waals surface area (Å²) in [4.78, 5) is 29.6. The Morgan fingerprint density at radius 3 is 2.55 bits per heavy atom. The van der Waals surface area contributed by atoms with Crippen LogP contribution in [0.15, 0.2) is 77.7 Å². The lowest BCUT2D eigenvalue weighted by Crippen LogP contribution is -2.35. The summed E-state index contributed by atoms with van der Waals surface area (Å²) in [7, 11) is 0. The number of aromatic nitrogens is 1. The van der Waals surface area contributed by atoms with Gasteiger partial charge >= 0.3 is 0 Å². The number of nitrogens with zero attached hydrogens (tertiary/aromatic N) is 2. The van der Waals surface area contributed by atoms with Crippen molar-refractivity contribution in [1.29, 1.82) is 0 Å². The predicted octanol–water partition coefficient (Wildman–Crippen LogP) is 5.21. The number of pyridine rings is 1. The molecule has 2 aliphatic heterocycles. The van der Waals surface area contributed by atoms with Gasteiger partial charge in [0.2, 0.25) is 5.43 Å². The third-order valence-electron chi connectivity index (χ3n) is 7.12. The van der Waals surface area contributed by atoms with Crippen LogP contribution in [-0.4, -0.2) is 41.7 Å². The molecule has 1 atom stereocenters. The van der Waals surface area contributed by atoms with E-state index in [0.717, 1.165) is 66.4 Å². The van der Waals surface area contributed by atoms with Crippen LogP contribution in [-0.2, 0) is 23.6 Å². The lowest BCUT2D eigenvalue weighted by molar-refractivity contribution is 0.0342. The van der Waals surface area contributed by atoms with Crippen molar-refractivity contribution < 1.29 is 9.53 Å². The molecule has 0 radical (unpaired) electrons. The molecule has 1 aromatic heterocycles. The predicted molar refractivity (Wildman–Crippen MR) is 153 cm³/mol. The first-order chi connectivity index (χ1) is 18.6. The van der Waals surface area contributed by atoms with Gasteiger partial charge < -0.3 is 14.6 Å². The maximum Gasteiger partial charge on any atom is 0.257 e. The van der Waals surface area contributed by atoms with Crippen molar-refractivity contribution in [2.45, 2.75) is 24.2 Å². The number of ether oxygens (including phenoxy) is 1. The number of benzene rings is 3. The molecule has 38 heavy (non-hydrogen) atoms. The summed E-state index contributed by atoms with van der Waals surface area (Å²) in [6, 6.07) is 21.8. The van der Waals surface area contributed by atoms with E-state index in [1.807, 2.05) is 48.2 Å². The van der Waals surface area contributed by atoms with Crippen LogP contribution < -0.4 is 10.7 Å². The normalized spacial score (nSPS) is 17.4. The summed E-state index contributed by atoms with van der Waals surface area (Å²) >= 11 is 7.80. The van der Waals surface area contributed by atoms with Crippen LogP contribution in [0, 0.1) is 0 Å². The number of nitrogens with one attached hydrogen (secondary N) is 1. The Kier molecular flexibility index (Phi) is 7.26. The number of carbonyl (C=O) groups excluding carboxylic acids is 1. The Morgan fingerprint density at radius 2 is 1.79 bits per heavy atom. The van der Waals surface area contributed by atoms with Gasteiger partial charge in [-0.2, -0.15) is 0 Å². The second-order valence-corrected chi connectivity index (χ2v) is 11.2. The molecule has 6 nitrogen and oxygen atoms in total. The summed E-state index contributed by atoms with van der Waals surface area (Å²) in [5.41, 5.74) is 5.13. The highest BCUT2D eigenvalue weighted by molar-refractivity contribution is 7.98. The second kappa shape index (κ2) is 10.9. The molecule has 0 saturated carbocycles. The van der Waals surface area contributed by atoms with Gasteiger partial charge in [-0.05, 0) is 40.5 Å². The van der Waals surface area contributed by atoms with E-state index in [9.17, 15) is 9.59 Å². The van der Waals surface area contributed by atoms with Crippen molar-refractivity contribution in [2.75, 3.05) is 26.3 Å². The zero-order chi connectivity index (χ0) is 26.1. The third-order valence-corrected chi connectivity index (χ3v) is 8.66. The monoisotopic (exact) mass is 545 g/mol. The minimum absolute atomic E-state index is 0.0280. The molecular formula is C30H28ClN3O3S. The molecule has 1 unspecified atom stereocenters. The number of amides is 1. The van der Waals surface area contributed by atoms with Gasteiger partial charge in [-0.1, -0.05) is 60.1 Å². The smallest absolute Gasteiger partial charge is 0.257 e. The zero-order valence-electron chi connectivity index (χ0n) is 20.9. The van der Waals surface area contributed by atoms with Crippen LogP contribution in [0.2, 0.25) is 5.02 Å². The quantitative estimate of drug-likeness (QED) is 0.360. The highest BCUT2D eigenvalue weighted by atomic mass is 35.5. The maximum absolute atomic E-state index is 13.8. The number of rotatable bonds is 6. The topological polar surface area (TPSA) is 63.6 Å². The SMILES string of the molecule is O=C(NCc1ccc(Cl)cc1)c1cn2c3c(cc(CN4CCOCC4)cc3c1=O)CSC2c1ccccc1. The van der Waals surface area contributed by atoms with Crippen LogP contribution in [0.4, 0.5) is 0 Å². The Balaban J connectivity index is 1.42. The standard InChI is InChI=1S/C30H28ClN3O3S/c31-24-8-6-20(7-9-24)16-32-29(36)26-18-34-27-23(19-38-30(34)22-4-2-1-3-5-22)14-21(15-25(27)28(26)35)17-33-10-12-37-13-11-33/h1-9,14-15,18,30H,10-13,16-17,19H2,(H,32,36). The Bertz CT molecular complexity index is 1530. The first-order valence-corrected chi connectivity index (χ1v) is 14.2. The van der Waals surface area contributed by atoms with E-state index in [1.165, 1.54) is 0 Å². The highest BCUT2D eigenvalue weighted by Gasteiger charge is 2.27. The summed E-state index contributed by atoms with van der Waals surface area (Å²) in [6.45, 7) is 4.25. The minimum atomic E-state index is -0.377. The van der Waals surface area contributed by atoms with E-state index in [1.54, 1.807) is 18.3 Å². The van der Waals surface area contributed by atoms with Crippen LogP contribution in [0.1, 0.15) is 38.0 Å². The third kappa shape index (κ3) is 5.12. The van der Waals surface area contributed by atoms with E-state index in [2.05, 4.69) is 33.0 Å². The molecule has 8 heteroatoms. The van der Waals surface area contributed by atoms with Gasteiger partial charge in [0, 0.05) is 48.5 Å². The van der Waals surface area contributed by atoms with Crippen molar-refractivity contribution >= 4 is 40.2 Å². The van der Waals surface area contributed by atoms with E-state index in [4.69, 9.17) is 16.3 Å². The summed E-state index contributed by atoms with van der Waals surface area (Å²) in [6.07, 6.45) is 1.75. The van der Waals surface area contributed by atoms with Gasteiger partial charge in [-0.15, -0.1) is 11.8 Å². The number of thioether (sulfide) groups is 1. The molecule has 0 aliphatic carbocycles. The number of morpholine rings is 1. The molecule has 3 heterocycles. The molecule has 0 spiro atoms. The van der Waals surface area contributed by atoms with Crippen molar-refractivity contribution in [3.05, 3.63) is 116 Å². The van der Waals surface area contributed by atoms with Gasteiger partial charge in [0.05, 0.1) is 18.7 Å². The summed E-state index contributed by atoms with van der Waals surface area (Å²) < 4.78 is 7.62. The first-order valence-electron chi connectivity index (χ1n) is 12.8. The number of carbonyl (C=O) groups is 1. The lowest BCUT2D eigenvalue weighted by atomic mass is 10.0. The average Bonchev–Trinajstić information content (AvgIpc) is 2.95. The fraction of sp³-hybridized carbons (Fsp3) is 0.267. The Hall–Kier alpha value is -3.10. The van der Waals surface area contributed by atoms with Crippen molar-refractivity contribution in [2.24, 2.45) is 0 Å². The summed E-state index contributed by atoms with van der Waals surface area (Å²) in [5.74, 6) is 0.423. The van der Waals surface area contributed by atoms with Crippen LogP contribution >= 0.6 is 23.4 Å². The summed E-state index contributed by atoms with van der Waals surface area (Å²) in [5, 5.41) is 4.15. The van der Waals surface area contributed by atoms with Crippen molar-refractivity contribution in [3.8, 4) is 0 Å². The van der Waals surface area contributed by atoms with Gasteiger partial charge in [0.15, 0.2) is 0 Å². The van der Waals surface area contributed by atoms with Gasteiger partial charge in [-0.3, -0.25) is 14.5 Å². The van der Waals surface area contributed by atoms with Gasteiger partial charge in [0.25, 0.3) is 5.91 Å². The second-order valence-electron chi connectivity index (χ2n) is 9.70. The average molecular weight is 546 g/mol. The molecule has 1 amide bonds. The molecule has 6 rings (SSSR count). The van der Waals surface area contributed by atoms with Gasteiger partial charge in [0.1, 0.15) is 10.9 Å². The Morgan fingerprint density at radius 1 is 1.03 bits per heavy atom. The molecule has 2 aliphatic rings. The van der Waals surface area contributed by atoms with Crippen LogP contribution in [0.3, 0.4) is 0 Å². The number of hydrogen-bond acceptors (Lipinski definition) is 5. The van der Waals surface area contributed by atoms with Crippen molar-refractivity contribution in [3.63, 3.8) is 0 Å². The highest BCUT2D eigenvalue weighted by Crippen LogP contribution is 2.41. The molecule has 0 bridgehead atoms. The lowest BCUT2D eigenvalue weighted by Gasteiger charge is -2.31. The molecule has 3 aromatic carbocycles. The minimum Gasteiger partial charge on any atom is -0.379 e.